The fourth-order valence-corrected chi connectivity index (χ4v) is 3.49. The van der Waals surface area contributed by atoms with Crippen molar-refractivity contribution in [1.29, 1.82) is 0 Å². The number of amides is 2. The van der Waals surface area contributed by atoms with Gasteiger partial charge in [-0.25, -0.2) is 13.2 Å². The summed E-state index contributed by atoms with van der Waals surface area (Å²) in [7, 11) is -3.28. The van der Waals surface area contributed by atoms with Gasteiger partial charge in [0.15, 0.2) is 9.84 Å². The summed E-state index contributed by atoms with van der Waals surface area (Å²) in [4.78, 5) is 26.0. The third-order valence-electron chi connectivity index (χ3n) is 4.36. The summed E-state index contributed by atoms with van der Waals surface area (Å²) in [5.41, 5.74) is 1.40. The summed E-state index contributed by atoms with van der Waals surface area (Å²) >= 11 is 0. The molecule has 1 heterocycles. The number of nitrogens with zero attached hydrogens (tertiary/aromatic N) is 1. The van der Waals surface area contributed by atoms with Crippen LogP contribution < -0.4 is 5.32 Å². The van der Waals surface area contributed by atoms with E-state index < -0.39 is 22.0 Å². The van der Waals surface area contributed by atoms with E-state index in [2.05, 4.69) is 5.32 Å². The maximum atomic E-state index is 12.5. The van der Waals surface area contributed by atoms with Gasteiger partial charge in [0.1, 0.15) is 18.4 Å². The third kappa shape index (κ3) is 4.61. The van der Waals surface area contributed by atoms with E-state index in [0.717, 1.165) is 11.8 Å². The Morgan fingerprint density at radius 3 is 2.57 bits per heavy atom. The van der Waals surface area contributed by atoms with Gasteiger partial charge in [0.25, 0.3) is 0 Å². The van der Waals surface area contributed by atoms with E-state index in [1.54, 1.807) is 24.3 Å². The Bertz CT molecular complexity index is 988. The van der Waals surface area contributed by atoms with Crippen LogP contribution in [0.5, 0.6) is 5.75 Å². The standard InChI is InChI=1S/C19H20N2O6S/c1-28(25,26)16-7-5-13(6-8-16)10-20-18(23)17-12-27-19(24)21(17)11-14-3-2-4-15(22)9-14/h2-9,17,22H,10-12H2,1H3,(H,20,23)/t17-/m0/s1. The molecule has 8 nitrogen and oxygen atoms in total. The average Bonchev–Trinajstić information content (AvgIpc) is 3.00. The molecule has 0 spiro atoms. The molecule has 1 saturated heterocycles. The van der Waals surface area contributed by atoms with Gasteiger partial charge >= 0.3 is 6.09 Å². The van der Waals surface area contributed by atoms with Crippen LogP contribution in [0.15, 0.2) is 53.4 Å². The second-order valence-electron chi connectivity index (χ2n) is 6.52. The largest absolute Gasteiger partial charge is 0.508 e. The Balaban J connectivity index is 1.63. The first-order valence-corrected chi connectivity index (χ1v) is 10.4. The third-order valence-corrected chi connectivity index (χ3v) is 5.49. The number of cyclic esters (lactones) is 1. The monoisotopic (exact) mass is 404 g/mol. The molecule has 2 amide bonds. The number of sulfone groups is 1. The molecular weight excluding hydrogens is 384 g/mol. The Morgan fingerprint density at radius 1 is 1.21 bits per heavy atom. The first-order chi connectivity index (χ1) is 13.2. The fraction of sp³-hybridized carbons (Fsp3) is 0.263. The van der Waals surface area contributed by atoms with Crippen LogP contribution in [0.2, 0.25) is 0 Å². The molecule has 148 valence electrons. The molecule has 1 aliphatic rings. The normalized spacial score (nSPS) is 16.7. The second kappa shape index (κ2) is 7.89. The predicted octanol–water partition coefficient (Wildman–Crippen LogP) is 1.43. The zero-order valence-corrected chi connectivity index (χ0v) is 16.0. The van der Waals surface area contributed by atoms with Crippen molar-refractivity contribution < 1.29 is 27.9 Å². The molecule has 0 bridgehead atoms. The van der Waals surface area contributed by atoms with E-state index in [0.29, 0.717) is 5.56 Å². The first-order valence-electron chi connectivity index (χ1n) is 8.52. The van der Waals surface area contributed by atoms with Gasteiger partial charge < -0.3 is 15.2 Å². The number of nitrogens with one attached hydrogen (secondary N) is 1. The molecule has 0 saturated carbocycles. The Morgan fingerprint density at radius 2 is 1.93 bits per heavy atom. The van der Waals surface area contributed by atoms with E-state index in [4.69, 9.17) is 4.74 Å². The van der Waals surface area contributed by atoms with Crippen molar-refractivity contribution in [2.24, 2.45) is 0 Å². The van der Waals surface area contributed by atoms with Crippen molar-refractivity contribution in [3.05, 3.63) is 59.7 Å². The molecule has 1 aliphatic heterocycles. The number of ether oxygens (including phenoxy) is 1. The van der Waals surface area contributed by atoms with E-state index >= 15 is 0 Å². The number of rotatable bonds is 6. The number of carbonyl (C=O) groups excluding carboxylic acids is 2. The number of phenolic OH excluding ortho intramolecular Hbond substituents is 1. The van der Waals surface area contributed by atoms with E-state index in [1.165, 1.54) is 29.2 Å². The number of hydrogen-bond acceptors (Lipinski definition) is 6. The smallest absolute Gasteiger partial charge is 0.410 e. The minimum absolute atomic E-state index is 0.0590. The van der Waals surface area contributed by atoms with Gasteiger partial charge in [-0.15, -0.1) is 0 Å². The summed E-state index contributed by atoms with van der Waals surface area (Å²) in [6.07, 6.45) is 0.531. The van der Waals surface area contributed by atoms with Gasteiger partial charge in [0.2, 0.25) is 5.91 Å². The zero-order chi connectivity index (χ0) is 20.3. The molecule has 3 rings (SSSR count). The molecule has 2 aromatic rings. The van der Waals surface area contributed by atoms with Gasteiger partial charge in [-0.2, -0.15) is 0 Å². The van der Waals surface area contributed by atoms with Gasteiger partial charge in [-0.3, -0.25) is 9.69 Å². The molecular formula is C19H20N2O6S. The van der Waals surface area contributed by atoms with Gasteiger partial charge in [-0.1, -0.05) is 24.3 Å². The molecule has 9 heteroatoms. The average molecular weight is 404 g/mol. The molecule has 0 unspecified atom stereocenters. The highest BCUT2D eigenvalue weighted by atomic mass is 32.2. The number of aromatic hydroxyl groups is 1. The molecule has 0 aliphatic carbocycles. The lowest BCUT2D eigenvalue weighted by Gasteiger charge is -2.21. The quantitative estimate of drug-likeness (QED) is 0.753. The van der Waals surface area contributed by atoms with E-state index in [-0.39, 0.29) is 36.2 Å². The second-order valence-corrected chi connectivity index (χ2v) is 8.54. The van der Waals surface area contributed by atoms with Crippen LogP contribution in [0, 0.1) is 0 Å². The van der Waals surface area contributed by atoms with Crippen LogP contribution in [0.3, 0.4) is 0 Å². The van der Waals surface area contributed by atoms with Crippen molar-refractivity contribution in [2.45, 2.75) is 24.0 Å². The highest BCUT2D eigenvalue weighted by Crippen LogP contribution is 2.19. The summed E-state index contributed by atoms with van der Waals surface area (Å²) < 4.78 is 28.0. The SMILES string of the molecule is CS(=O)(=O)c1ccc(CNC(=O)[C@@H]2COC(=O)N2Cc2cccc(O)c2)cc1. The van der Waals surface area contributed by atoms with Crippen molar-refractivity contribution in [3.63, 3.8) is 0 Å². The van der Waals surface area contributed by atoms with Crippen LogP contribution in [0.1, 0.15) is 11.1 Å². The topological polar surface area (TPSA) is 113 Å². The van der Waals surface area contributed by atoms with Gasteiger partial charge in [-0.05, 0) is 35.4 Å². The highest BCUT2D eigenvalue weighted by Gasteiger charge is 2.37. The number of hydrogen-bond donors (Lipinski definition) is 2. The lowest BCUT2D eigenvalue weighted by molar-refractivity contribution is -0.125. The molecule has 0 radical (unpaired) electrons. The van der Waals surface area contributed by atoms with Crippen LogP contribution in [-0.2, 0) is 32.5 Å². The van der Waals surface area contributed by atoms with Crippen LogP contribution in [0.25, 0.3) is 0 Å². The minimum atomic E-state index is -3.28. The lowest BCUT2D eigenvalue weighted by atomic mass is 10.1. The van der Waals surface area contributed by atoms with Crippen LogP contribution in [-0.4, -0.2) is 49.3 Å². The zero-order valence-electron chi connectivity index (χ0n) is 15.2. The molecule has 2 N–H and O–H groups in total. The molecule has 28 heavy (non-hydrogen) atoms. The van der Waals surface area contributed by atoms with Gasteiger partial charge in [0.05, 0.1) is 11.4 Å². The van der Waals surface area contributed by atoms with Crippen molar-refractivity contribution >= 4 is 21.8 Å². The van der Waals surface area contributed by atoms with Crippen molar-refractivity contribution in [3.8, 4) is 5.75 Å². The molecule has 1 atom stereocenters. The van der Waals surface area contributed by atoms with E-state index in [9.17, 15) is 23.1 Å². The van der Waals surface area contributed by atoms with Crippen LogP contribution in [0.4, 0.5) is 4.79 Å². The Hall–Kier alpha value is -3.07. The van der Waals surface area contributed by atoms with Gasteiger partial charge in [0, 0.05) is 12.8 Å². The highest BCUT2D eigenvalue weighted by molar-refractivity contribution is 7.90. The number of carbonyl (C=O) groups is 2. The maximum absolute atomic E-state index is 12.5. The molecule has 2 aromatic carbocycles. The minimum Gasteiger partial charge on any atom is -0.508 e. The molecule has 1 fully saturated rings. The number of benzene rings is 2. The summed E-state index contributed by atoms with van der Waals surface area (Å²) in [5.74, 6) is -0.304. The summed E-state index contributed by atoms with van der Waals surface area (Å²) in [5, 5.41) is 12.3. The summed E-state index contributed by atoms with van der Waals surface area (Å²) in [6, 6.07) is 11.8. The Kier molecular flexibility index (Phi) is 5.55. The summed E-state index contributed by atoms with van der Waals surface area (Å²) in [6.45, 7) is 0.262. The number of phenols is 1. The maximum Gasteiger partial charge on any atom is 0.410 e. The first kappa shape index (κ1) is 19.7. The van der Waals surface area contributed by atoms with E-state index in [1.807, 2.05) is 0 Å². The van der Waals surface area contributed by atoms with Crippen molar-refractivity contribution in [2.75, 3.05) is 12.9 Å². The van der Waals surface area contributed by atoms with Crippen molar-refractivity contribution in [1.82, 2.24) is 10.2 Å². The predicted molar refractivity (Wildman–Crippen MR) is 100 cm³/mol. The molecule has 0 aromatic heterocycles. The van der Waals surface area contributed by atoms with Crippen LogP contribution >= 0.6 is 0 Å². The fourth-order valence-electron chi connectivity index (χ4n) is 2.86. The lowest BCUT2D eigenvalue weighted by Crippen LogP contribution is -2.45. The Labute approximate surface area is 162 Å².